The number of rotatable bonds is 6. The minimum absolute atomic E-state index is 0.101. The number of hydrogen-bond acceptors (Lipinski definition) is 3. The van der Waals surface area contributed by atoms with E-state index in [0.717, 1.165) is 0 Å². The van der Waals surface area contributed by atoms with E-state index in [2.05, 4.69) is 12.6 Å². The van der Waals surface area contributed by atoms with Crippen molar-refractivity contribution in [3.8, 4) is 0 Å². The highest BCUT2D eigenvalue weighted by atomic mass is 32.1. The molecule has 0 fully saturated rings. The number of carbonyl (C=O) groups is 2. The Hall–Kier alpha value is -0.510. The Morgan fingerprint density at radius 3 is 2.23 bits per heavy atom. The Labute approximate surface area is 83.9 Å². The lowest BCUT2D eigenvalue weighted by molar-refractivity contribution is -0.144. The van der Waals surface area contributed by atoms with Crippen LogP contribution in [-0.2, 0) is 9.59 Å². The smallest absolute Gasteiger partial charge is 0.306 e. The van der Waals surface area contributed by atoms with Crippen molar-refractivity contribution in [1.82, 2.24) is 0 Å². The molecule has 0 aromatic carbocycles. The van der Waals surface area contributed by atoms with E-state index in [1.54, 1.807) is 0 Å². The molecule has 0 amide bonds. The molecule has 4 heteroatoms. The second-order valence-electron chi connectivity index (χ2n) is 3.57. The highest BCUT2D eigenvalue weighted by Crippen LogP contribution is 2.16. The molecule has 0 saturated carbocycles. The third-order valence-electron chi connectivity index (χ3n) is 1.76. The zero-order valence-electron chi connectivity index (χ0n) is 7.99. The van der Waals surface area contributed by atoms with Gasteiger partial charge in [-0.05, 0) is 12.3 Å². The molecule has 3 nitrogen and oxygen atoms in total. The molecule has 0 aromatic rings. The number of hydrogen-bond donors (Lipinski definition) is 2. The largest absolute Gasteiger partial charge is 0.481 e. The fourth-order valence-corrected chi connectivity index (χ4v) is 1.31. The van der Waals surface area contributed by atoms with Crippen LogP contribution in [0.15, 0.2) is 0 Å². The first-order valence-corrected chi connectivity index (χ1v) is 4.96. The summed E-state index contributed by atoms with van der Waals surface area (Å²) < 4.78 is 0. The average Bonchev–Trinajstić information content (AvgIpc) is 2.02. The van der Waals surface area contributed by atoms with Crippen LogP contribution in [0, 0.1) is 11.8 Å². The molecule has 1 atom stereocenters. The molecule has 0 bridgehead atoms. The quantitative estimate of drug-likeness (QED) is 0.646. The van der Waals surface area contributed by atoms with E-state index in [1.807, 2.05) is 13.8 Å². The fraction of sp³-hybridized carbons (Fsp3) is 0.778. The van der Waals surface area contributed by atoms with Gasteiger partial charge < -0.3 is 5.11 Å². The van der Waals surface area contributed by atoms with Crippen LogP contribution >= 0.6 is 12.6 Å². The number of carbonyl (C=O) groups excluding carboxylic acids is 1. The predicted octanol–water partition coefficient (Wildman–Crippen LogP) is 1.62. The topological polar surface area (TPSA) is 54.4 Å². The van der Waals surface area contributed by atoms with Crippen LogP contribution in [0.4, 0.5) is 0 Å². The van der Waals surface area contributed by atoms with Gasteiger partial charge in [0.1, 0.15) is 5.78 Å². The molecular weight excluding hydrogens is 188 g/mol. The predicted molar refractivity (Wildman–Crippen MR) is 54.1 cm³/mol. The summed E-state index contributed by atoms with van der Waals surface area (Å²) in [6.07, 6.45) is 0.659. The zero-order valence-corrected chi connectivity index (χ0v) is 8.88. The third kappa shape index (κ3) is 5.69. The van der Waals surface area contributed by atoms with E-state index in [4.69, 9.17) is 5.11 Å². The highest BCUT2D eigenvalue weighted by Gasteiger charge is 2.21. The Balaban J connectivity index is 4.10. The van der Waals surface area contributed by atoms with Gasteiger partial charge in [-0.3, -0.25) is 9.59 Å². The van der Waals surface area contributed by atoms with E-state index >= 15 is 0 Å². The molecule has 0 aliphatic heterocycles. The van der Waals surface area contributed by atoms with E-state index in [-0.39, 0.29) is 18.0 Å². The first kappa shape index (κ1) is 12.5. The van der Waals surface area contributed by atoms with Crippen molar-refractivity contribution in [2.45, 2.75) is 26.7 Å². The summed E-state index contributed by atoms with van der Waals surface area (Å²) >= 11 is 3.81. The molecule has 13 heavy (non-hydrogen) atoms. The van der Waals surface area contributed by atoms with Crippen molar-refractivity contribution < 1.29 is 14.7 Å². The Morgan fingerprint density at radius 2 is 1.92 bits per heavy atom. The first-order chi connectivity index (χ1) is 5.97. The second kappa shape index (κ2) is 6.02. The molecule has 0 heterocycles. The maximum atomic E-state index is 11.0. The molecule has 0 radical (unpaired) electrons. The van der Waals surface area contributed by atoms with Gasteiger partial charge in [-0.15, -0.1) is 0 Å². The number of aliphatic carboxylic acids is 1. The summed E-state index contributed by atoms with van der Waals surface area (Å²) in [5.41, 5.74) is 0. The number of carboxylic acids is 1. The van der Waals surface area contributed by atoms with Crippen LogP contribution in [0.3, 0.4) is 0 Å². The summed E-state index contributed by atoms with van der Waals surface area (Å²) in [6, 6.07) is 0. The molecule has 0 rings (SSSR count). The van der Waals surface area contributed by atoms with Crippen molar-refractivity contribution in [2.75, 3.05) is 5.75 Å². The summed E-state index contributed by atoms with van der Waals surface area (Å²) in [6.45, 7) is 3.89. The maximum absolute atomic E-state index is 11.0. The lowest BCUT2D eigenvalue weighted by atomic mass is 9.93. The minimum atomic E-state index is -0.885. The second-order valence-corrected chi connectivity index (χ2v) is 3.88. The molecule has 0 spiro atoms. The average molecular weight is 204 g/mol. The van der Waals surface area contributed by atoms with Gasteiger partial charge in [-0.25, -0.2) is 0 Å². The Morgan fingerprint density at radius 1 is 1.38 bits per heavy atom. The van der Waals surface area contributed by atoms with E-state index in [0.29, 0.717) is 12.3 Å². The molecule has 1 N–H and O–H groups in total. The maximum Gasteiger partial charge on any atom is 0.306 e. The van der Waals surface area contributed by atoms with E-state index < -0.39 is 11.9 Å². The molecular formula is C9H16O3S. The van der Waals surface area contributed by atoms with Gasteiger partial charge in [-0.2, -0.15) is 12.6 Å². The van der Waals surface area contributed by atoms with Gasteiger partial charge in [0, 0.05) is 12.2 Å². The van der Waals surface area contributed by atoms with Gasteiger partial charge in [0.05, 0.1) is 5.92 Å². The van der Waals surface area contributed by atoms with Crippen LogP contribution in [0.1, 0.15) is 26.7 Å². The third-order valence-corrected chi connectivity index (χ3v) is 2.11. The normalized spacial score (nSPS) is 12.9. The fourth-order valence-electron chi connectivity index (χ4n) is 1.18. The van der Waals surface area contributed by atoms with Crippen LogP contribution in [0.5, 0.6) is 0 Å². The molecule has 0 unspecified atom stereocenters. The van der Waals surface area contributed by atoms with Crippen molar-refractivity contribution in [3.05, 3.63) is 0 Å². The van der Waals surface area contributed by atoms with Crippen LogP contribution < -0.4 is 0 Å². The first-order valence-electron chi connectivity index (χ1n) is 4.32. The van der Waals surface area contributed by atoms with Crippen molar-refractivity contribution in [1.29, 1.82) is 0 Å². The monoisotopic (exact) mass is 204 g/mol. The van der Waals surface area contributed by atoms with Gasteiger partial charge >= 0.3 is 5.97 Å². The molecule has 0 saturated heterocycles. The highest BCUT2D eigenvalue weighted by molar-refractivity contribution is 7.81. The lowest BCUT2D eigenvalue weighted by Crippen LogP contribution is -2.20. The number of ketones is 1. The zero-order chi connectivity index (χ0) is 10.4. The summed E-state index contributed by atoms with van der Waals surface area (Å²) in [5.74, 6) is -1.10. The number of thiol groups is 1. The number of Topliss-reactive ketones (excluding diaryl/α,β-unsaturated/α-hetero) is 1. The summed E-state index contributed by atoms with van der Waals surface area (Å²) in [4.78, 5) is 21.7. The lowest BCUT2D eigenvalue weighted by Gasteiger charge is -2.12. The standard InChI is InChI=1S/C9H16O3S/c1-6(2)3-7(9(11)12)4-8(10)5-13/h6-7,13H,3-5H2,1-2H3,(H,11,12)/t7-/m1/s1. The van der Waals surface area contributed by atoms with Crippen LogP contribution in [0.25, 0.3) is 0 Å². The van der Waals surface area contributed by atoms with Crippen molar-refractivity contribution in [2.24, 2.45) is 11.8 Å². The molecule has 76 valence electrons. The Bertz CT molecular complexity index is 189. The van der Waals surface area contributed by atoms with Gasteiger partial charge in [0.15, 0.2) is 0 Å². The summed E-state index contributed by atoms with van der Waals surface area (Å²) in [5, 5.41) is 8.79. The molecule has 0 aromatic heterocycles. The van der Waals surface area contributed by atoms with E-state index in [1.165, 1.54) is 0 Å². The minimum Gasteiger partial charge on any atom is -0.481 e. The van der Waals surface area contributed by atoms with Crippen molar-refractivity contribution in [3.63, 3.8) is 0 Å². The van der Waals surface area contributed by atoms with Gasteiger partial charge in [0.2, 0.25) is 0 Å². The van der Waals surface area contributed by atoms with Gasteiger partial charge in [0.25, 0.3) is 0 Å². The van der Waals surface area contributed by atoms with Crippen LogP contribution in [0.2, 0.25) is 0 Å². The van der Waals surface area contributed by atoms with E-state index in [9.17, 15) is 9.59 Å². The van der Waals surface area contributed by atoms with Crippen molar-refractivity contribution >= 4 is 24.4 Å². The van der Waals surface area contributed by atoms with Gasteiger partial charge in [-0.1, -0.05) is 13.8 Å². The molecule has 0 aliphatic carbocycles. The molecule has 0 aliphatic rings. The summed E-state index contributed by atoms with van der Waals surface area (Å²) in [7, 11) is 0. The number of carboxylic acid groups (broad SMARTS) is 1. The Kier molecular flexibility index (Phi) is 5.79. The van der Waals surface area contributed by atoms with Crippen LogP contribution in [-0.4, -0.2) is 22.6 Å². The SMILES string of the molecule is CC(C)C[C@H](CC(=O)CS)C(=O)O.